The second kappa shape index (κ2) is 12.4. The number of ether oxygens (including phenoxy) is 2. The average molecular weight is 491 g/mol. The van der Waals surface area contributed by atoms with Crippen LogP contribution in [0.15, 0.2) is 25.3 Å². The van der Waals surface area contributed by atoms with Gasteiger partial charge in [0.25, 0.3) is 0 Å². The summed E-state index contributed by atoms with van der Waals surface area (Å²) in [5.74, 6) is -3.01. The number of unbranched alkanes of at least 4 members (excludes halogenated alkanes) is 3. The predicted molar refractivity (Wildman–Crippen MR) is 133 cm³/mol. The summed E-state index contributed by atoms with van der Waals surface area (Å²) in [6.07, 6.45) is 8.77. The van der Waals surface area contributed by atoms with Gasteiger partial charge < -0.3 is 19.7 Å². The Labute approximate surface area is 209 Å². The van der Waals surface area contributed by atoms with Crippen molar-refractivity contribution in [1.82, 2.24) is 10.2 Å². The number of esters is 2. The Balaban J connectivity index is 2.15. The fourth-order valence-electron chi connectivity index (χ4n) is 4.60. The molecule has 2 rings (SSSR count). The van der Waals surface area contributed by atoms with Crippen molar-refractivity contribution in [3.8, 4) is 0 Å². The lowest BCUT2D eigenvalue weighted by atomic mass is 9.98. The second-order valence-electron chi connectivity index (χ2n) is 10.4. The zero-order valence-electron chi connectivity index (χ0n) is 21.8. The maximum atomic E-state index is 13.6. The van der Waals surface area contributed by atoms with E-state index in [2.05, 4.69) is 18.5 Å². The number of carbonyl (C=O) groups excluding carboxylic acids is 4. The Morgan fingerprint density at radius 2 is 1.89 bits per heavy atom. The van der Waals surface area contributed by atoms with Crippen LogP contribution < -0.4 is 5.32 Å². The fourth-order valence-corrected chi connectivity index (χ4v) is 4.60. The highest BCUT2D eigenvalue weighted by Gasteiger charge is 2.61. The first kappa shape index (κ1) is 28.6. The summed E-state index contributed by atoms with van der Waals surface area (Å²) < 4.78 is 10.7. The molecule has 1 heterocycles. The zero-order chi connectivity index (χ0) is 26.2. The van der Waals surface area contributed by atoms with Gasteiger partial charge in [0.1, 0.15) is 23.1 Å². The third kappa shape index (κ3) is 7.42. The molecular formula is C27H42N2O6. The van der Waals surface area contributed by atoms with E-state index in [0.29, 0.717) is 38.6 Å². The standard InChI is InChI=1S/C27H42N2O6/c1-7-10-11-12-13-15-20(24(32)35-26(4,5)6)23(31)29-17-14-16-21(29)22(30)28-27(18-19(27)8-2)25(33)34-9-3/h7-8,19-21H,1-2,9-18H2,3-6H3,(H,28,30)/t19-,20+,21+,27-/m1/s1. The van der Waals surface area contributed by atoms with Crippen molar-refractivity contribution in [2.45, 2.75) is 96.2 Å². The molecule has 1 aliphatic heterocycles. The van der Waals surface area contributed by atoms with Gasteiger partial charge in [0, 0.05) is 12.5 Å². The highest BCUT2D eigenvalue weighted by Crippen LogP contribution is 2.45. The van der Waals surface area contributed by atoms with Gasteiger partial charge in [0.15, 0.2) is 0 Å². The molecule has 1 aliphatic carbocycles. The summed E-state index contributed by atoms with van der Waals surface area (Å²) in [4.78, 5) is 53.8. The van der Waals surface area contributed by atoms with Crippen LogP contribution in [0.2, 0.25) is 0 Å². The Kier molecular flexibility index (Phi) is 10.1. The maximum Gasteiger partial charge on any atom is 0.332 e. The molecule has 2 amide bonds. The third-order valence-electron chi connectivity index (χ3n) is 6.51. The molecule has 0 aromatic heterocycles. The Hall–Kier alpha value is -2.64. The highest BCUT2D eigenvalue weighted by molar-refractivity contribution is 6.01. The van der Waals surface area contributed by atoms with Crippen LogP contribution in [0.5, 0.6) is 0 Å². The Morgan fingerprint density at radius 3 is 2.46 bits per heavy atom. The van der Waals surface area contributed by atoms with Crippen LogP contribution >= 0.6 is 0 Å². The lowest BCUT2D eigenvalue weighted by Crippen LogP contribution is -2.54. The number of carbonyl (C=O) groups is 4. The van der Waals surface area contributed by atoms with Crippen molar-refractivity contribution in [2.75, 3.05) is 13.2 Å². The smallest absolute Gasteiger partial charge is 0.332 e. The van der Waals surface area contributed by atoms with E-state index in [9.17, 15) is 19.2 Å². The summed E-state index contributed by atoms with van der Waals surface area (Å²) in [6.45, 7) is 15.1. The van der Waals surface area contributed by atoms with E-state index < -0.39 is 40.9 Å². The van der Waals surface area contributed by atoms with Gasteiger partial charge in [-0.25, -0.2) is 4.79 Å². The number of hydrogen-bond acceptors (Lipinski definition) is 6. The van der Waals surface area contributed by atoms with E-state index in [4.69, 9.17) is 9.47 Å². The van der Waals surface area contributed by atoms with Gasteiger partial charge in [0.05, 0.1) is 6.61 Å². The number of nitrogens with one attached hydrogen (secondary N) is 1. The minimum atomic E-state index is -1.12. The van der Waals surface area contributed by atoms with Gasteiger partial charge >= 0.3 is 11.9 Å². The summed E-state index contributed by atoms with van der Waals surface area (Å²) >= 11 is 0. The van der Waals surface area contributed by atoms with E-state index in [1.807, 2.05) is 6.08 Å². The van der Waals surface area contributed by atoms with Gasteiger partial charge in [-0.05, 0) is 66.2 Å². The SMILES string of the molecule is C=CCCCCC[C@H](C(=O)OC(C)(C)C)C(=O)N1CCC[C@H]1C(=O)N[C@]1(C(=O)OCC)C[C@H]1C=C. The van der Waals surface area contributed by atoms with Crippen molar-refractivity contribution in [2.24, 2.45) is 11.8 Å². The topological polar surface area (TPSA) is 102 Å². The van der Waals surface area contributed by atoms with Gasteiger partial charge in [-0.15, -0.1) is 13.2 Å². The lowest BCUT2D eigenvalue weighted by molar-refractivity contribution is -0.166. The van der Waals surface area contributed by atoms with Crippen LogP contribution in [-0.4, -0.2) is 59.0 Å². The molecule has 0 aromatic rings. The van der Waals surface area contributed by atoms with Crippen molar-refractivity contribution >= 4 is 23.8 Å². The molecule has 2 aliphatic rings. The van der Waals surface area contributed by atoms with Crippen molar-refractivity contribution in [3.63, 3.8) is 0 Å². The quantitative estimate of drug-likeness (QED) is 0.183. The number of amides is 2. The molecule has 1 N–H and O–H groups in total. The first-order valence-corrected chi connectivity index (χ1v) is 12.8. The molecular weight excluding hydrogens is 448 g/mol. The second-order valence-corrected chi connectivity index (χ2v) is 10.4. The molecule has 4 atom stereocenters. The monoisotopic (exact) mass is 490 g/mol. The summed E-state index contributed by atoms with van der Waals surface area (Å²) in [7, 11) is 0. The van der Waals surface area contributed by atoms with Crippen LogP contribution in [0.25, 0.3) is 0 Å². The molecule has 0 unspecified atom stereocenters. The molecule has 0 bridgehead atoms. The van der Waals surface area contributed by atoms with E-state index in [1.165, 1.54) is 4.90 Å². The van der Waals surface area contributed by atoms with E-state index >= 15 is 0 Å². The van der Waals surface area contributed by atoms with Crippen LogP contribution in [-0.2, 0) is 28.7 Å². The molecule has 8 heteroatoms. The van der Waals surface area contributed by atoms with Crippen LogP contribution in [0.3, 0.4) is 0 Å². The molecule has 1 saturated heterocycles. The maximum absolute atomic E-state index is 13.6. The Bertz CT molecular complexity index is 817. The third-order valence-corrected chi connectivity index (χ3v) is 6.51. The molecule has 2 fully saturated rings. The normalized spacial score (nSPS) is 24.3. The van der Waals surface area contributed by atoms with Crippen molar-refractivity contribution in [1.29, 1.82) is 0 Å². The number of nitrogens with zero attached hydrogens (tertiary/aromatic N) is 1. The van der Waals surface area contributed by atoms with E-state index in [0.717, 1.165) is 19.3 Å². The van der Waals surface area contributed by atoms with Crippen molar-refractivity contribution < 1.29 is 28.7 Å². The van der Waals surface area contributed by atoms with E-state index in [1.54, 1.807) is 33.8 Å². The average Bonchev–Trinajstić information content (AvgIpc) is 3.26. The number of likely N-dealkylation sites (tertiary alicyclic amines) is 1. The van der Waals surface area contributed by atoms with Crippen LogP contribution in [0.4, 0.5) is 0 Å². The fraction of sp³-hybridized carbons (Fsp3) is 0.704. The zero-order valence-corrected chi connectivity index (χ0v) is 21.8. The minimum absolute atomic E-state index is 0.207. The summed E-state index contributed by atoms with van der Waals surface area (Å²) in [6, 6.07) is -0.745. The van der Waals surface area contributed by atoms with Gasteiger partial charge in [-0.2, -0.15) is 0 Å². The van der Waals surface area contributed by atoms with Gasteiger partial charge in [0.2, 0.25) is 11.8 Å². The summed E-state index contributed by atoms with van der Waals surface area (Å²) in [5.41, 5.74) is -1.85. The number of allylic oxidation sites excluding steroid dienone is 1. The van der Waals surface area contributed by atoms with Crippen molar-refractivity contribution in [3.05, 3.63) is 25.3 Å². The molecule has 35 heavy (non-hydrogen) atoms. The Morgan fingerprint density at radius 1 is 1.17 bits per heavy atom. The number of rotatable bonds is 13. The highest BCUT2D eigenvalue weighted by atomic mass is 16.6. The number of hydrogen-bond donors (Lipinski definition) is 1. The predicted octanol–water partition coefficient (Wildman–Crippen LogP) is 3.70. The first-order valence-electron chi connectivity index (χ1n) is 12.8. The molecule has 8 nitrogen and oxygen atoms in total. The molecule has 196 valence electrons. The van der Waals surface area contributed by atoms with Crippen LogP contribution in [0.1, 0.15) is 79.1 Å². The first-order chi connectivity index (χ1) is 16.5. The molecule has 0 radical (unpaired) electrons. The van der Waals surface area contributed by atoms with Gasteiger partial charge in [-0.1, -0.05) is 25.0 Å². The largest absolute Gasteiger partial charge is 0.464 e. The van der Waals surface area contributed by atoms with Gasteiger partial charge in [-0.3, -0.25) is 14.4 Å². The lowest BCUT2D eigenvalue weighted by Gasteiger charge is -2.30. The van der Waals surface area contributed by atoms with Crippen LogP contribution in [0, 0.1) is 11.8 Å². The molecule has 1 saturated carbocycles. The minimum Gasteiger partial charge on any atom is -0.464 e. The molecule has 0 spiro atoms. The summed E-state index contributed by atoms with van der Waals surface area (Å²) in [5, 5.41) is 2.85. The molecule has 0 aromatic carbocycles. The van der Waals surface area contributed by atoms with E-state index in [-0.39, 0.29) is 18.4 Å².